The lowest BCUT2D eigenvalue weighted by atomic mass is 9.99. The summed E-state index contributed by atoms with van der Waals surface area (Å²) in [5.41, 5.74) is 12.1. The second-order valence-corrected chi connectivity index (χ2v) is 3.35. The van der Waals surface area contributed by atoms with Crippen LogP contribution in [0.2, 0.25) is 0 Å². The second-order valence-electron chi connectivity index (χ2n) is 3.35. The average molecular weight is 191 g/mol. The third-order valence-electron chi connectivity index (χ3n) is 2.25. The van der Waals surface area contributed by atoms with Gasteiger partial charge in [-0.25, -0.2) is 0 Å². The highest BCUT2D eigenvalue weighted by Gasteiger charge is 2.10. The quantitative estimate of drug-likeness (QED) is 0.690. The predicted molar refractivity (Wildman–Crippen MR) is 55.1 cm³/mol. The predicted octanol–water partition coefficient (Wildman–Crippen LogP) is 0.993. The summed E-state index contributed by atoms with van der Waals surface area (Å²) in [4.78, 5) is 11.9. The number of nitrogens with zero attached hydrogens (tertiary/aromatic N) is 3. The molecular formula is C9H13N5. The number of hydrogen-bond acceptors (Lipinski definition) is 5. The Bertz CT molecular complexity index is 351. The van der Waals surface area contributed by atoms with Crippen LogP contribution in [0.3, 0.4) is 0 Å². The third kappa shape index (κ3) is 1.81. The molecule has 0 aliphatic heterocycles. The molecule has 0 atom stereocenters. The van der Waals surface area contributed by atoms with Gasteiger partial charge in [-0.15, -0.1) is 0 Å². The summed E-state index contributed by atoms with van der Waals surface area (Å²) in [7, 11) is 0. The summed E-state index contributed by atoms with van der Waals surface area (Å²) in [5.74, 6) is 1.02. The van der Waals surface area contributed by atoms with Crippen LogP contribution < -0.4 is 11.5 Å². The molecule has 0 saturated heterocycles. The van der Waals surface area contributed by atoms with Crippen molar-refractivity contribution in [2.75, 3.05) is 11.5 Å². The van der Waals surface area contributed by atoms with Crippen LogP contribution in [0.4, 0.5) is 11.9 Å². The Kier molecular flexibility index (Phi) is 2.30. The zero-order valence-corrected chi connectivity index (χ0v) is 7.90. The Morgan fingerprint density at radius 3 is 2.29 bits per heavy atom. The van der Waals surface area contributed by atoms with E-state index in [1.165, 1.54) is 12.8 Å². The minimum Gasteiger partial charge on any atom is -0.368 e. The maximum Gasteiger partial charge on any atom is 0.225 e. The summed E-state index contributed by atoms with van der Waals surface area (Å²) < 4.78 is 0. The Morgan fingerprint density at radius 2 is 1.71 bits per heavy atom. The van der Waals surface area contributed by atoms with Gasteiger partial charge in [0.1, 0.15) is 0 Å². The van der Waals surface area contributed by atoms with Gasteiger partial charge in [-0.1, -0.05) is 6.08 Å². The van der Waals surface area contributed by atoms with Gasteiger partial charge in [0.05, 0.1) is 0 Å². The van der Waals surface area contributed by atoms with Crippen molar-refractivity contribution in [2.24, 2.45) is 0 Å². The fourth-order valence-corrected chi connectivity index (χ4v) is 1.59. The van der Waals surface area contributed by atoms with E-state index in [1.54, 1.807) is 0 Å². The fourth-order valence-electron chi connectivity index (χ4n) is 1.59. The summed E-state index contributed by atoms with van der Waals surface area (Å²) in [6, 6.07) is 0. The molecule has 0 saturated carbocycles. The first-order valence-corrected chi connectivity index (χ1v) is 4.72. The van der Waals surface area contributed by atoms with E-state index in [0.717, 1.165) is 18.4 Å². The summed E-state index contributed by atoms with van der Waals surface area (Å²) >= 11 is 0. The molecular weight excluding hydrogens is 178 g/mol. The van der Waals surface area contributed by atoms with Crippen molar-refractivity contribution in [3.05, 3.63) is 11.9 Å². The van der Waals surface area contributed by atoms with Crippen LogP contribution in [0.1, 0.15) is 31.5 Å². The van der Waals surface area contributed by atoms with Gasteiger partial charge in [-0.3, -0.25) is 0 Å². The molecule has 0 amide bonds. The number of nitrogen functional groups attached to an aromatic ring is 2. The molecule has 1 aliphatic carbocycles. The molecule has 14 heavy (non-hydrogen) atoms. The van der Waals surface area contributed by atoms with Crippen LogP contribution in [0, 0.1) is 0 Å². The topological polar surface area (TPSA) is 90.7 Å². The van der Waals surface area contributed by atoms with Gasteiger partial charge in [0.15, 0.2) is 5.82 Å². The maximum atomic E-state index is 5.50. The van der Waals surface area contributed by atoms with Crippen LogP contribution in [-0.4, -0.2) is 15.0 Å². The van der Waals surface area contributed by atoms with E-state index in [4.69, 9.17) is 11.5 Å². The highest BCUT2D eigenvalue weighted by Crippen LogP contribution is 2.24. The van der Waals surface area contributed by atoms with Gasteiger partial charge in [0, 0.05) is 0 Å². The molecule has 1 aliphatic rings. The number of nitrogens with two attached hydrogens (primary N) is 2. The van der Waals surface area contributed by atoms with Crippen molar-refractivity contribution in [3.8, 4) is 0 Å². The van der Waals surface area contributed by atoms with Gasteiger partial charge in [0.25, 0.3) is 0 Å². The van der Waals surface area contributed by atoms with Gasteiger partial charge < -0.3 is 11.5 Å². The lowest BCUT2D eigenvalue weighted by Crippen LogP contribution is -2.07. The summed E-state index contributed by atoms with van der Waals surface area (Å²) in [6.07, 6.45) is 6.65. The first-order chi connectivity index (χ1) is 6.75. The van der Waals surface area contributed by atoms with Crippen LogP contribution in [0.25, 0.3) is 5.57 Å². The minimum atomic E-state index is 0.193. The molecule has 4 N–H and O–H groups in total. The van der Waals surface area contributed by atoms with Crippen LogP contribution in [-0.2, 0) is 0 Å². The van der Waals surface area contributed by atoms with E-state index >= 15 is 0 Å². The fraction of sp³-hybridized carbons (Fsp3) is 0.444. The molecule has 0 unspecified atom stereocenters. The van der Waals surface area contributed by atoms with Crippen molar-refractivity contribution in [3.63, 3.8) is 0 Å². The second kappa shape index (κ2) is 3.61. The lowest BCUT2D eigenvalue weighted by molar-refractivity contribution is 0.736. The van der Waals surface area contributed by atoms with Gasteiger partial charge in [-0.2, -0.15) is 15.0 Å². The van der Waals surface area contributed by atoms with E-state index in [0.29, 0.717) is 5.82 Å². The molecule has 5 heteroatoms. The van der Waals surface area contributed by atoms with Crippen LogP contribution >= 0.6 is 0 Å². The van der Waals surface area contributed by atoms with Gasteiger partial charge in [0.2, 0.25) is 11.9 Å². The molecule has 5 nitrogen and oxygen atoms in total. The van der Waals surface area contributed by atoms with Crippen LogP contribution in [0.15, 0.2) is 6.08 Å². The smallest absolute Gasteiger partial charge is 0.225 e. The number of hydrogen-bond donors (Lipinski definition) is 2. The molecule has 0 spiro atoms. The van der Waals surface area contributed by atoms with Crippen LogP contribution in [0.5, 0.6) is 0 Å². The standard InChI is InChI=1S/C9H13N5/c10-8-12-7(13-9(11)14-8)6-4-2-1-3-5-6/h4H,1-3,5H2,(H4,10,11,12,13,14). The van der Waals surface area contributed by atoms with E-state index in [9.17, 15) is 0 Å². The Morgan fingerprint density at radius 1 is 1.00 bits per heavy atom. The van der Waals surface area contributed by atoms with E-state index in [-0.39, 0.29) is 11.9 Å². The first kappa shape index (κ1) is 8.93. The molecule has 1 aromatic rings. The van der Waals surface area contributed by atoms with Crippen molar-refractivity contribution in [2.45, 2.75) is 25.7 Å². The highest BCUT2D eigenvalue weighted by atomic mass is 15.1. The van der Waals surface area contributed by atoms with E-state index in [1.807, 2.05) is 0 Å². The monoisotopic (exact) mass is 191 g/mol. The molecule has 2 rings (SSSR count). The molecule has 0 bridgehead atoms. The minimum absolute atomic E-state index is 0.193. The molecule has 74 valence electrons. The average Bonchev–Trinajstić information content (AvgIpc) is 2.18. The van der Waals surface area contributed by atoms with Gasteiger partial charge >= 0.3 is 0 Å². The molecule has 1 heterocycles. The Balaban J connectivity index is 2.35. The summed E-state index contributed by atoms with van der Waals surface area (Å²) in [5, 5.41) is 0. The lowest BCUT2D eigenvalue weighted by Gasteiger charge is -2.11. The van der Waals surface area contributed by atoms with Crippen molar-refractivity contribution in [1.29, 1.82) is 0 Å². The third-order valence-corrected chi connectivity index (χ3v) is 2.25. The maximum absolute atomic E-state index is 5.50. The largest absolute Gasteiger partial charge is 0.368 e. The van der Waals surface area contributed by atoms with E-state index in [2.05, 4.69) is 21.0 Å². The number of anilines is 2. The number of aromatic nitrogens is 3. The SMILES string of the molecule is Nc1nc(N)nc(C2=CCCCC2)n1. The van der Waals surface area contributed by atoms with Crippen molar-refractivity contribution >= 4 is 17.5 Å². The Labute approximate surface area is 82.3 Å². The molecule has 0 radical (unpaired) electrons. The number of rotatable bonds is 1. The first-order valence-electron chi connectivity index (χ1n) is 4.72. The highest BCUT2D eigenvalue weighted by molar-refractivity contribution is 5.61. The van der Waals surface area contributed by atoms with E-state index < -0.39 is 0 Å². The molecule has 0 aromatic carbocycles. The summed E-state index contributed by atoms with van der Waals surface area (Å²) in [6.45, 7) is 0. The normalized spacial score (nSPS) is 16.4. The number of allylic oxidation sites excluding steroid dienone is 2. The molecule has 0 fully saturated rings. The zero-order valence-electron chi connectivity index (χ0n) is 7.90. The van der Waals surface area contributed by atoms with Gasteiger partial charge in [-0.05, 0) is 31.3 Å². The van der Waals surface area contributed by atoms with Crippen molar-refractivity contribution < 1.29 is 0 Å². The zero-order chi connectivity index (χ0) is 9.97. The van der Waals surface area contributed by atoms with Crippen molar-refractivity contribution in [1.82, 2.24) is 15.0 Å². The molecule has 1 aromatic heterocycles. The Hall–Kier alpha value is -1.65.